The van der Waals surface area contributed by atoms with E-state index >= 15 is 0 Å². The van der Waals surface area contributed by atoms with Crippen LogP contribution < -0.4 is 10.6 Å². The molecule has 0 spiro atoms. The first kappa shape index (κ1) is 18.0. The largest absolute Gasteiger partial charge is 0.340 e. The van der Waals surface area contributed by atoms with Crippen molar-refractivity contribution in [2.24, 2.45) is 0 Å². The normalized spacial score (nSPS) is 10.8. The summed E-state index contributed by atoms with van der Waals surface area (Å²) in [5, 5.41) is 11.3. The van der Waals surface area contributed by atoms with E-state index in [1.54, 1.807) is 10.7 Å². The van der Waals surface area contributed by atoms with Crippen LogP contribution in [0.5, 0.6) is 0 Å². The number of aryl methyl sites for hydroxylation is 1. The van der Waals surface area contributed by atoms with E-state index in [9.17, 15) is 4.79 Å². The predicted octanol–water partition coefficient (Wildman–Crippen LogP) is 5.06. The van der Waals surface area contributed by atoms with Crippen molar-refractivity contribution in [2.45, 2.75) is 13.8 Å². The van der Waals surface area contributed by atoms with E-state index in [0.29, 0.717) is 5.02 Å². The smallest absolute Gasteiger partial charge is 0.221 e. The van der Waals surface area contributed by atoms with E-state index in [4.69, 9.17) is 11.6 Å². The number of rotatable bonds is 4. The average molecular weight is 392 g/mol. The SMILES string of the molecule is CC(=O)Nc1ccc(Nc2cc(C)nc3c(-c4ccccc4Cl)cnn23)cc1. The molecular weight excluding hydrogens is 374 g/mol. The maximum atomic E-state index is 11.2. The van der Waals surface area contributed by atoms with Gasteiger partial charge in [0.05, 0.1) is 6.20 Å². The molecule has 0 atom stereocenters. The lowest BCUT2D eigenvalue weighted by atomic mass is 10.1. The highest BCUT2D eigenvalue weighted by Gasteiger charge is 2.14. The molecule has 0 aliphatic rings. The van der Waals surface area contributed by atoms with Crippen molar-refractivity contribution in [1.82, 2.24) is 14.6 Å². The Kier molecular flexibility index (Phi) is 4.71. The maximum absolute atomic E-state index is 11.2. The van der Waals surface area contributed by atoms with Crippen LogP contribution in [0.1, 0.15) is 12.6 Å². The van der Waals surface area contributed by atoms with E-state index in [1.807, 2.05) is 61.5 Å². The molecule has 6 nitrogen and oxygen atoms in total. The number of hydrogen-bond acceptors (Lipinski definition) is 4. The minimum absolute atomic E-state index is 0.101. The van der Waals surface area contributed by atoms with Crippen molar-refractivity contribution in [2.75, 3.05) is 10.6 Å². The lowest BCUT2D eigenvalue weighted by Gasteiger charge is -2.11. The van der Waals surface area contributed by atoms with E-state index in [1.165, 1.54) is 6.92 Å². The monoisotopic (exact) mass is 391 g/mol. The Labute approximate surface area is 167 Å². The zero-order valence-corrected chi connectivity index (χ0v) is 16.2. The van der Waals surface area contributed by atoms with Gasteiger partial charge in [0.2, 0.25) is 5.91 Å². The molecule has 0 aliphatic heterocycles. The quantitative estimate of drug-likeness (QED) is 0.510. The first-order valence-corrected chi connectivity index (χ1v) is 9.14. The Balaban J connectivity index is 1.72. The molecule has 2 N–H and O–H groups in total. The minimum atomic E-state index is -0.101. The Morgan fingerprint density at radius 2 is 1.75 bits per heavy atom. The fourth-order valence-electron chi connectivity index (χ4n) is 3.03. The fourth-order valence-corrected chi connectivity index (χ4v) is 3.27. The van der Waals surface area contributed by atoms with Crippen LogP contribution in [0.25, 0.3) is 16.8 Å². The third-order valence-corrected chi connectivity index (χ3v) is 4.57. The minimum Gasteiger partial charge on any atom is -0.340 e. The number of aromatic nitrogens is 3. The molecule has 0 saturated heterocycles. The lowest BCUT2D eigenvalue weighted by molar-refractivity contribution is -0.114. The van der Waals surface area contributed by atoms with E-state index in [-0.39, 0.29) is 5.91 Å². The molecule has 4 rings (SSSR count). The van der Waals surface area contributed by atoms with Gasteiger partial charge in [-0.05, 0) is 37.3 Å². The van der Waals surface area contributed by atoms with Gasteiger partial charge in [-0.25, -0.2) is 4.98 Å². The molecule has 0 bridgehead atoms. The summed E-state index contributed by atoms with van der Waals surface area (Å²) in [4.78, 5) is 15.8. The number of halogens is 1. The van der Waals surface area contributed by atoms with Crippen LogP contribution in [-0.4, -0.2) is 20.5 Å². The highest BCUT2D eigenvalue weighted by Crippen LogP contribution is 2.31. The van der Waals surface area contributed by atoms with Crippen molar-refractivity contribution < 1.29 is 4.79 Å². The topological polar surface area (TPSA) is 71.3 Å². The van der Waals surface area contributed by atoms with Gasteiger partial charge in [-0.3, -0.25) is 4.79 Å². The highest BCUT2D eigenvalue weighted by atomic mass is 35.5. The number of carbonyl (C=O) groups is 1. The van der Waals surface area contributed by atoms with Crippen molar-refractivity contribution in [1.29, 1.82) is 0 Å². The van der Waals surface area contributed by atoms with Crippen molar-refractivity contribution in [3.63, 3.8) is 0 Å². The molecule has 0 unspecified atom stereocenters. The molecule has 28 heavy (non-hydrogen) atoms. The van der Waals surface area contributed by atoms with E-state index in [2.05, 4.69) is 20.7 Å². The molecule has 1 amide bonds. The van der Waals surface area contributed by atoms with Gasteiger partial charge in [0.25, 0.3) is 0 Å². The van der Waals surface area contributed by atoms with Crippen molar-refractivity contribution in [3.05, 3.63) is 71.5 Å². The second kappa shape index (κ2) is 7.32. The molecule has 0 radical (unpaired) electrons. The van der Waals surface area contributed by atoms with Crippen LogP contribution in [0.4, 0.5) is 17.2 Å². The van der Waals surface area contributed by atoms with Gasteiger partial charge in [-0.2, -0.15) is 9.61 Å². The summed E-state index contributed by atoms with van der Waals surface area (Å²) >= 11 is 6.37. The molecule has 4 aromatic rings. The number of carbonyl (C=O) groups excluding carboxylic acids is 1. The molecule has 0 fully saturated rings. The summed E-state index contributed by atoms with van der Waals surface area (Å²) in [6.07, 6.45) is 1.77. The number of nitrogens with zero attached hydrogens (tertiary/aromatic N) is 3. The van der Waals surface area contributed by atoms with Crippen LogP contribution in [0.2, 0.25) is 5.02 Å². The molecule has 2 aromatic heterocycles. The zero-order chi connectivity index (χ0) is 19.7. The summed E-state index contributed by atoms with van der Waals surface area (Å²) in [5.41, 5.74) is 4.97. The van der Waals surface area contributed by atoms with Gasteiger partial charge in [-0.1, -0.05) is 29.8 Å². The van der Waals surface area contributed by atoms with Crippen molar-refractivity contribution in [3.8, 4) is 11.1 Å². The fraction of sp³-hybridized carbons (Fsp3) is 0.0952. The van der Waals surface area contributed by atoms with E-state index < -0.39 is 0 Å². The summed E-state index contributed by atoms with van der Waals surface area (Å²) in [5.74, 6) is 0.684. The van der Waals surface area contributed by atoms with Gasteiger partial charge < -0.3 is 10.6 Å². The Morgan fingerprint density at radius 1 is 1.04 bits per heavy atom. The number of nitrogens with one attached hydrogen (secondary N) is 2. The number of fused-ring (bicyclic) bond motifs is 1. The number of benzene rings is 2. The molecule has 7 heteroatoms. The van der Waals surface area contributed by atoms with Crippen LogP contribution in [0, 0.1) is 6.92 Å². The molecule has 0 saturated carbocycles. The molecule has 140 valence electrons. The predicted molar refractivity (Wildman–Crippen MR) is 112 cm³/mol. The zero-order valence-electron chi connectivity index (χ0n) is 15.4. The second-order valence-electron chi connectivity index (χ2n) is 6.44. The van der Waals surface area contributed by atoms with Gasteiger partial charge in [0, 0.05) is 46.2 Å². The summed E-state index contributed by atoms with van der Waals surface area (Å²) in [6.45, 7) is 3.42. The Morgan fingerprint density at radius 3 is 2.46 bits per heavy atom. The maximum Gasteiger partial charge on any atom is 0.221 e. The number of hydrogen-bond donors (Lipinski definition) is 2. The van der Waals surface area contributed by atoms with Gasteiger partial charge in [0.15, 0.2) is 5.65 Å². The standard InChI is InChI=1S/C21H18ClN5O/c1-13-11-20(26-16-9-7-15(8-10-16)25-14(2)28)27-21(24-13)18(12-23-27)17-5-3-4-6-19(17)22/h3-12,26H,1-2H3,(H,25,28). The second-order valence-corrected chi connectivity index (χ2v) is 6.85. The van der Waals surface area contributed by atoms with Gasteiger partial charge in [-0.15, -0.1) is 0 Å². The highest BCUT2D eigenvalue weighted by molar-refractivity contribution is 6.33. The van der Waals surface area contributed by atoms with Gasteiger partial charge in [0.1, 0.15) is 5.82 Å². The summed E-state index contributed by atoms with van der Waals surface area (Å²) in [7, 11) is 0. The molecule has 2 heterocycles. The molecule has 2 aromatic carbocycles. The van der Waals surface area contributed by atoms with Crippen LogP contribution in [0.3, 0.4) is 0 Å². The van der Waals surface area contributed by atoms with E-state index in [0.717, 1.165) is 39.7 Å². The number of anilines is 3. The lowest BCUT2D eigenvalue weighted by Crippen LogP contribution is -2.06. The first-order valence-electron chi connectivity index (χ1n) is 8.76. The van der Waals surface area contributed by atoms with Crippen LogP contribution in [0.15, 0.2) is 60.8 Å². The van der Waals surface area contributed by atoms with Crippen LogP contribution >= 0.6 is 11.6 Å². The van der Waals surface area contributed by atoms with Gasteiger partial charge >= 0.3 is 0 Å². The van der Waals surface area contributed by atoms with Crippen LogP contribution in [-0.2, 0) is 4.79 Å². The average Bonchev–Trinajstić information content (AvgIpc) is 3.07. The van der Waals surface area contributed by atoms with Crippen molar-refractivity contribution >= 4 is 40.3 Å². The summed E-state index contributed by atoms with van der Waals surface area (Å²) < 4.78 is 1.76. The third kappa shape index (κ3) is 3.54. The Bertz CT molecular complexity index is 1170. The third-order valence-electron chi connectivity index (χ3n) is 4.24. The molecular formula is C21H18ClN5O. The molecule has 0 aliphatic carbocycles. The summed E-state index contributed by atoms with van der Waals surface area (Å²) in [6, 6.07) is 17.0. The number of amides is 1. The Hall–Kier alpha value is -3.38. The first-order chi connectivity index (χ1) is 13.5.